The number of hydrogen-bond donors (Lipinski definition) is 1. The molecular weight excluding hydrogens is 414 g/mol. The van der Waals surface area contributed by atoms with Crippen molar-refractivity contribution < 1.29 is 22.7 Å². The highest BCUT2D eigenvalue weighted by Gasteiger charge is 2.15. The molecule has 0 aliphatic carbocycles. The van der Waals surface area contributed by atoms with Crippen molar-refractivity contribution in [1.82, 2.24) is 5.32 Å². The molecule has 7 heteroatoms. The molecule has 0 saturated carbocycles. The molecule has 3 rings (SSSR count). The minimum absolute atomic E-state index is 0.0355. The third-order valence-electron chi connectivity index (χ3n) is 4.46. The molecule has 3 aromatic rings. The molecule has 0 atom stereocenters. The van der Waals surface area contributed by atoms with Crippen LogP contribution in [0.4, 0.5) is 0 Å². The van der Waals surface area contributed by atoms with Crippen LogP contribution in [0, 0.1) is 0 Å². The standard InChI is InChI=1S/C24H25NO5S/c26-24(25-16-9-19-31(27,28)21-12-5-2-6-13-21)22-14-7-8-15-23(22)30-18-17-29-20-10-3-1-4-11-20/h1-8,10-15H,9,16-19H2,(H,25,26). The van der Waals surface area contributed by atoms with Crippen molar-refractivity contribution in [2.75, 3.05) is 25.5 Å². The summed E-state index contributed by atoms with van der Waals surface area (Å²) in [6.45, 7) is 0.877. The second kappa shape index (κ2) is 11.2. The van der Waals surface area contributed by atoms with Crippen LogP contribution in [0.5, 0.6) is 11.5 Å². The Morgan fingerprint density at radius 2 is 1.39 bits per heavy atom. The molecule has 0 fully saturated rings. The first-order valence-corrected chi connectivity index (χ1v) is 11.7. The van der Waals surface area contributed by atoms with E-state index in [1.54, 1.807) is 54.6 Å². The smallest absolute Gasteiger partial charge is 0.255 e. The molecular formula is C24H25NO5S. The fourth-order valence-corrected chi connectivity index (χ4v) is 4.24. The van der Waals surface area contributed by atoms with Gasteiger partial charge in [0, 0.05) is 6.54 Å². The Labute approximate surface area is 182 Å². The molecule has 0 aromatic heterocycles. The molecule has 0 bridgehead atoms. The molecule has 0 aliphatic heterocycles. The highest BCUT2D eigenvalue weighted by molar-refractivity contribution is 7.91. The van der Waals surface area contributed by atoms with E-state index in [1.165, 1.54) is 0 Å². The summed E-state index contributed by atoms with van der Waals surface area (Å²) in [4.78, 5) is 12.8. The van der Waals surface area contributed by atoms with Crippen LogP contribution in [-0.4, -0.2) is 39.8 Å². The minimum atomic E-state index is -3.36. The van der Waals surface area contributed by atoms with Crippen molar-refractivity contribution in [3.8, 4) is 11.5 Å². The van der Waals surface area contributed by atoms with Crippen LogP contribution < -0.4 is 14.8 Å². The van der Waals surface area contributed by atoms with Crippen LogP contribution in [0.25, 0.3) is 0 Å². The summed E-state index contributed by atoms with van der Waals surface area (Å²) in [5.74, 6) is 0.861. The van der Waals surface area contributed by atoms with Crippen LogP contribution in [0.2, 0.25) is 0 Å². The van der Waals surface area contributed by atoms with Gasteiger partial charge in [-0.3, -0.25) is 4.79 Å². The lowest BCUT2D eigenvalue weighted by Gasteiger charge is -2.12. The van der Waals surface area contributed by atoms with E-state index < -0.39 is 9.84 Å². The van der Waals surface area contributed by atoms with Crippen LogP contribution in [-0.2, 0) is 9.84 Å². The van der Waals surface area contributed by atoms with E-state index in [4.69, 9.17) is 9.47 Å². The molecule has 0 saturated heterocycles. The zero-order valence-electron chi connectivity index (χ0n) is 17.1. The number of carbonyl (C=O) groups excluding carboxylic acids is 1. The Morgan fingerprint density at radius 1 is 0.774 bits per heavy atom. The van der Waals surface area contributed by atoms with Crippen molar-refractivity contribution >= 4 is 15.7 Å². The normalized spacial score (nSPS) is 11.0. The van der Waals surface area contributed by atoms with E-state index in [9.17, 15) is 13.2 Å². The third kappa shape index (κ3) is 6.86. The van der Waals surface area contributed by atoms with Crippen molar-refractivity contribution in [2.24, 2.45) is 0 Å². The summed E-state index contributed by atoms with van der Waals surface area (Å²) < 4.78 is 35.9. The summed E-state index contributed by atoms with van der Waals surface area (Å²) >= 11 is 0. The van der Waals surface area contributed by atoms with Gasteiger partial charge in [0.2, 0.25) is 0 Å². The van der Waals surface area contributed by atoms with Crippen molar-refractivity contribution in [3.63, 3.8) is 0 Å². The van der Waals surface area contributed by atoms with Gasteiger partial charge in [0.15, 0.2) is 9.84 Å². The Morgan fingerprint density at radius 3 is 2.13 bits per heavy atom. The van der Waals surface area contributed by atoms with Crippen molar-refractivity contribution in [1.29, 1.82) is 0 Å². The zero-order chi connectivity index (χ0) is 21.9. The molecule has 0 spiro atoms. The van der Waals surface area contributed by atoms with Gasteiger partial charge in [-0.25, -0.2) is 8.42 Å². The average Bonchev–Trinajstić information content (AvgIpc) is 2.81. The largest absolute Gasteiger partial charge is 0.490 e. The molecule has 31 heavy (non-hydrogen) atoms. The van der Waals surface area contributed by atoms with Gasteiger partial charge in [0.25, 0.3) is 5.91 Å². The third-order valence-corrected chi connectivity index (χ3v) is 6.28. The van der Waals surface area contributed by atoms with Crippen LogP contribution in [0.15, 0.2) is 89.8 Å². The predicted octanol–water partition coefficient (Wildman–Crippen LogP) is 3.74. The first-order valence-electron chi connectivity index (χ1n) is 10.0. The van der Waals surface area contributed by atoms with Gasteiger partial charge in [0.1, 0.15) is 24.7 Å². The first-order chi connectivity index (χ1) is 15.1. The highest BCUT2D eigenvalue weighted by Crippen LogP contribution is 2.18. The van der Waals surface area contributed by atoms with E-state index in [-0.39, 0.29) is 29.7 Å². The molecule has 0 unspecified atom stereocenters. The van der Waals surface area contributed by atoms with E-state index >= 15 is 0 Å². The van der Waals surface area contributed by atoms with E-state index in [2.05, 4.69) is 5.32 Å². The first kappa shape index (κ1) is 22.4. The molecule has 1 N–H and O–H groups in total. The molecule has 6 nitrogen and oxygen atoms in total. The number of amides is 1. The maximum absolute atomic E-state index is 12.5. The number of carbonyl (C=O) groups is 1. The number of benzene rings is 3. The molecule has 0 radical (unpaired) electrons. The van der Waals surface area contributed by atoms with Gasteiger partial charge in [-0.1, -0.05) is 48.5 Å². The Balaban J connectivity index is 1.46. The number of rotatable bonds is 11. The van der Waals surface area contributed by atoms with Crippen molar-refractivity contribution in [3.05, 3.63) is 90.5 Å². The lowest BCUT2D eigenvalue weighted by atomic mass is 10.2. The fraction of sp³-hybridized carbons (Fsp3) is 0.208. The number of hydrogen-bond acceptors (Lipinski definition) is 5. The van der Waals surface area contributed by atoms with Crippen LogP contribution in [0.3, 0.4) is 0 Å². The van der Waals surface area contributed by atoms with E-state index in [0.29, 0.717) is 24.3 Å². The molecule has 162 valence electrons. The van der Waals surface area contributed by atoms with E-state index in [0.717, 1.165) is 5.75 Å². The highest BCUT2D eigenvalue weighted by atomic mass is 32.2. The Bertz CT molecular complexity index is 1070. The monoisotopic (exact) mass is 439 g/mol. The number of ether oxygens (including phenoxy) is 2. The van der Waals surface area contributed by atoms with Crippen LogP contribution >= 0.6 is 0 Å². The molecule has 0 aliphatic rings. The number of nitrogens with one attached hydrogen (secondary N) is 1. The van der Waals surface area contributed by atoms with Crippen molar-refractivity contribution in [2.45, 2.75) is 11.3 Å². The summed E-state index contributed by atoms with van der Waals surface area (Å²) in [6.07, 6.45) is 0.316. The Kier molecular flexibility index (Phi) is 8.06. The maximum atomic E-state index is 12.5. The Hall–Kier alpha value is -3.32. The van der Waals surface area contributed by atoms with Crippen LogP contribution in [0.1, 0.15) is 16.8 Å². The van der Waals surface area contributed by atoms with Gasteiger partial charge < -0.3 is 14.8 Å². The van der Waals surface area contributed by atoms with Gasteiger partial charge in [-0.15, -0.1) is 0 Å². The van der Waals surface area contributed by atoms with Gasteiger partial charge in [0.05, 0.1) is 16.2 Å². The lowest BCUT2D eigenvalue weighted by Crippen LogP contribution is -2.26. The summed E-state index contributed by atoms with van der Waals surface area (Å²) in [5.41, 5.74) is 0.396. The second-order valence-electron chi connectivity index (χ2n) is 6.75. The quantitative estimate of drug-likeness (QED) is 0.460. The minimum Gasteiger partial charge on any atom is -0.490 e. The lowest BCUT2D eigenvalue weighted by molar-refractivity contribution is 0.0948. The number of para-hydroxylation sites is 2. The SMILES string of the molecule is O=C(NCCCS(=O)(=O)c1ccccc1)c1ccccc1OCCOc1ccccc1. The molecule has 3 aromatic carbocycles. The van der Waals surface area contributed by atoms with E-state index in [1.807, 2.05) is 30.3 Å². The summed E-state index contributed by atoms with van der Waals surface area (Å²) in [6, 6.07) is 24.6. The molecule has 1 amide bonds. The molecule has 0 heterocycles. The zero-order valence-corrected chi connectivity index (χ0v) is 17.9. The fourth-order valence-electron chi connectivity index (χ4n) is 2.91. The number of sulfone groups is 1. The maximum Gasteiger partial charge on any atom is 0.255 e. The van der Waals surface area contributed by atoms with Gasteiger partial charge in [-0.2, -0.15) is 0 Å². The predicted molar refractivity (Wildman–Crippen MR) is 119 cm³/mol. The second-order valence-corrected chi connectivity index (χ2v) is 8.86. The summed E-state index contributed by atoms with van der Waals surface area (Å²) in [5, 5.41) is 2.77. The topological polar surface area (TPSA) is 81.7 Å². The summed E-state index contributed by atoms with van der Waals surface area (Å²) in [7, 11) is -3.36. The van der Waals surface area contributed by atoms with Gasteiger partial charge >= 0.3 is 0 Å². The van der Waals surface area contributed by atoms with Gasteiger partial charge in [-0.05, 0) is 42.8 Å². The average molecular weight is 440 g/mol.